The molecule has 0 saturated carbocycles. The Morgan fingerprint density at radius 2 is 2.05 bits per heavy atom. The molecule has 1 heterocycles. The van der Waals surface area contributed by atoms with E-state index in [2.05, 4.69) is 15.9 Å². The number of aryl methyl sites for hydroxylation is 1. The standard InChI is InChI=1S/C14H12BrNO3/c1-9-3-2-4-13(17)16(9)8-11-6-5-10(14(18)19)7-12(11)15/h2-7H,8H2,1H3,(H,18,19). The highest BCUT2D eigenvalue weighted by Crippen LogP contribution is 2.19. The number of aromatic carboxylic acids is 1. The minimum absolute atomic E-state index is 0.0748. The topological polar surface area (TPSA) is 59.3 Å². The zero-order chi connectivity index (χ0) is 14.0. The summed E-state index contributed by atoms with van der Waals surface area (Å²) in [6.45, 7) is 2.27. The monoisotopic (exact) mass is 321 g/mol. The Balaban J connectivity index is 2.39. The lowest BCUT2D eigenvalue weighted by molar-refractivity contribution is 0.0697. The van der Waals surface area contributed by atoms with Crippen LogP contribution >= 0.6 is 15.9 Å². The molecule has 0 bridgehead atoms. The fourth-order valence-electron chi connectivity index (χ4n) is 1.80. The average Bonchev–Trinajstić information content (AvgIpc) is 2.35. The number of hydrogen-bond acceptors (Lipinski definition) is 2. The van der Waals surface area contributed by atoms with Crippen LogP contribution in [0.3, 0.4) is 0 Å². The number of pyridine rings is 1. The van der Waals surface area contributed by atoms with Crippen molar-refractivity contribution in [1.29, 1.82) is 0 Å². The third-order valence-electron chi connectivity index (χ3n) is 2.90. The zero-order valence-corrected chi connectivity index (χ0v) is 11.8. The van der Waals surface area contributed by atoms with Crippen LogP contribution in [0.5, 0.6) is 0 Å². The van der Waals surface area contributed by atoms with Crippen molar-refractivity contribution in [3.05, 3.63) is 68.0 Å². The van der Waals surface area contributed by atoms with Gasteiger partial charge in [-0.05, 0) is 30.7 Å². The lowest BCUT2D eigenvalue weighted by Gasteiger charge is -2.11. The van der Waals surface area contributed by atoms with Gasteiger partial charge in [0.1, 0.15) is 0 Å². The second-order valence-electron chi connectivity index (χ2n) is 4.20. The van der Waals surface area contributed by atoms with Gasteiger partial charge in [0, 0.05) is 16.2 Å². The minimum atomic E-state index is -0.972. The highest BCUT2D eigenvalue weighted by Gasteiger charge is 2.08. The molecule has 0 aliphatic rings. The normalized spacial score (nSPS) is 10.4. The lowest BCUT2D eigenvalue weighted by Crippen LogP contribution is -2.21. The third kappa shape index (κ3) is 2.93. The molecule has 2 aromatic rings. The van der Waals surface area contributed by atoms with Crippen LogP contribution < -0.4 is 5.56 Å². The molecule has 4 nitrogen and oxygen atoms in total. The predicted octanol–water partition coefficient (Wildman–Crippen LogP) is 2.67. The van der Waals surface area contributed by atoms with E-state index in [1.165, 1.54) is 12.1 Å². The van der Waals surface area contributed by atoms with Crippen LogP contribution in [0.15, 0.2) is 45.7 Å². The number of carbonyl (C=O) groups is 1. The van der Waals surface area contributed by atoms with Gasteiger partial charge in [-0.1, -0.05) is 28.1 Å². The Morgan fingerprint density at radius 1 is 1.32 bits per heavy atom. The molecule has 1 N–H and O–H groups in total. The van der Waals surface area contributed by atoms with Gasteiger partial charge in [-0.3, -0.25) is 4.79 Å². The number of carboxylic acid groups (broad SMARTS) is 1. The van der Waals surface area contributed by atoms with Crippen molar-refractivity contribution in [2.75, 3.05) is 0 Å². The van der Waals surface area contributed by atoms with Gasteiger partial charge in [-0.15, -0.1) is 0 Å². The van der Waals surface area contributed by atoms with Gasteiger partial charge in [0.2, 0.25) is 0 Å². The quantitative estimate of drug-likeness (QED) is 0.945. The van der Waals surface area contributed by atoms with Crippen molar-refractivity contribution in [1.82, 2.24) is 4.57 Å². The van der Waals surface area contributed by atoms with Crippen molar-refractivity contribution >= 4 is 21.9 Å². The van der Waals surface area contributed by atoms with Gasteiger partial charge in [0.25, 0.3) is 5.56 Å². The zero-order valence-electron chi connectivity index (χ0n) is 10.3. The molecule has 0 aliphatic carbocycles. The first-order valence-electron chi connectivity index (χ1n) is 5.67. The van der Waals surface area contributed by atoms with Crippen LogP contribution in [-0.4, -0.2) is 15.6 Å². The molecule has 1 aromatic carbocycles. The molecule has 98 valence electrons. The number of benzene rings is 1. The van der Waals surface area contributed by atoms with Gasteiger partial charge in [0.05, 0.1) is 12.1 Å². The Kier molecular flexibility index (Phi) is 3.85. The first-order valence-corrected chi connectivity index (χ1v) is 6.46. The fourth-order valence-corrected chi connectivity index (χ4v) is 2.31. The number of carboxylic acids is 1. The molecule has 5 heteroatoms. The summed E-state index contributed by atoms with van der Waals surface area (Å²) in [6.07, 6.45) is 0. The summed E-state index contributed by atoms with van der Waals surface area (Å²) in [6, 6.07) is 9.88. The van der Waals surface area contributed by atoms with Gasteiger partial charge in [-0.2, -0.15) is 0 Å². The smallest absolute Gasteiger partial charge is 0.335 e. The Labute approximate surface area is 118 Å². The molecule has 0 spiro atoms. The molecule has 0 saturated heterocycles. The molecular formula is C14H12BrNO3. The summed E-state index contributed by atoms with van der Waals surface area (Å²) >= 11 is 3.34. The van der Waals surface area contributed by atoms with E-state index in [-0.39, 0.29) is 11.1 Å². The van der Waals surface area contributed by atoms with E-state index in [1.54, 1.807) is 22.8 Å². The molecule has 0 amide bonds. The first kappa shape index (κ1) is 13.5. The maximum absolute atomic E-state index is 11.8. The van der Waals surface area contributed by atoms with E-state index in [0.29, 0.717) is 11.0 Å². The third-order valence-corrected chi connectivity index (χ3v) is 3.63. The van der Waals surface area contributed by atoms with E-state index in [4.69, 9.17) is 5.11 Å². The average molecular weight is 322 g/mol. The van der Waals surface area contributed by atoms with Crippen LogP contribution in [0.4, 0.5) is 0 Å². The first-order chi connectivity index (χ1) is 8.99. The van der Waals surface area contributed by atoms with E-state index in [9.17, 15) is 9.59 Å². The van der Waals surface area contributed by atoms with Crippen LogP contribution in [0.2, 0.25) is 0 Å². The van der Waals surface area contributed by atoms with E-state index in [0.717, 1.165) is 11.3 Å². The largest absolute Gasteiger partial charge is 0.478 e. The highest BCUT2D eigenvalue weighted by molar-refractivity contribution is 9.10. The Hall–Kier alpha value is -1.88. The molecule has 2 rings (SSSR count). The summed E-state index contributed by atoms with van der Waals surface area (Å²) in [4.78, 5) is 22.6. The van der Waals surface area contributed by atoms with Crippen LogP contribution in [0.1, 0.15) is 21.6 Å². The molecule has 0 atom stereocenters. The van der Waals surface area contributed by atoms with Crippen molar-refractivity contribution in [3.63, 3.8) is 0 Å². The van der Waals surface area contributed by atoms with Crippen molar-refractivity contribution < 1.29 is 9.90 Å². The second-order valence-corrected chi connectivity index (χ2v) is 5.06. The molecule has 19 heavy (non-hydrogen) atoms. The molecule has 0 unspecified atom stereocenters. The molecule has 0 fully saturated rings. The van der Waals surface area contributed by atoms with Crippen molar-refractivity contribution in [2.24, 2.45) is 0 Å². The van der Waals surface area contributed by atoms with E-state index >= 15 is 0 Å². The summed E-state index contributed by atoms with van der Waals surface area (Å²) in [5.41, 5.74) is 1.87. The van der Waals surface area contributed by atoms with Gasteiger partial charge in [0.15, 0.2) is 0 Å². The van der Waals surface area contributed by atoms with E-state index in [1.807, 2.05) is 13.0 Å². The molecular weight excluding hydrogens is 310 g/mol. The molecule has 0 radical (unpaired) electrons. The second kappa shape index (κ2) is 5.40. The van der Waals surface area contributed by atoms with Gasteiger partial charge >= 0.3 is 5.97 Å². The predicted molar refractivity (Wildman–Crippen MR) is 75.6 cm³/mol. The summed E-state index contributed by atoms with van der Waals surface area (Å²) < 4.78 is 2.32. The van der Waals surface area contributed by atoms with Crippen molar-refractivity contribution in [2.45, 2.75) is 13.5 Å². The maximum Gasteiger partial charge on any atom is 0.335 e. The molecule has 0 aliphatic heterocycles. The van der Waals surface area contributed by atoms with Crippen LogP contribution in [0, 0.1) is 6.92 Å². The number of nitrogens with zero attached hydrogens (tertiary/aromatic N) is 1. The number of halogens is 1. The van der Waals surface area contributed by atoms with Crippen LogP contribution in [0.25, 0.3) is 0 Å². The number of hydrogen-bond donors (Lipinski definition) is 1. The highest BCUT2D eigenvalue weighted by atomic mass is 79.9. The fraction of sp³-hybridized carbons (Fsp3) is 0.143. The maximum atomic E-state index is 11.8. The number of aromatic nitrogens is 1. The summed E-state index contributed by atoms with van der Waals surface area (Å²) in [5.74, 6) is -0.972. The summed E-state index contributed by atoms with van der Waals surface area (Å²) in [7, 11) is 0. The SMILES string of the molecule is Cc1cccc(=O)n1Cc1ccc(C(=O)O)cc1Br. The van der Waals surface area contributed by atoms with Crippen LogP contribution in [-0.2, 0) is 6.54 Å². The minimum Gasteiger partial charge on any atom is -0.478 e. The Morgan fingerprint density at radius 3 is 2.63 bits per heavy atom. The number of rotatable bonds is 3. The van der Waals surface area contributed by atoms with E-state index < -0.39 is 5.97 Å². The molecule has 1 aromatic heterocycles. The lowest BCUT2D eigenvalue weighted by atomic mass is 10.1. The van der Waals surface area contributed by atoms with Crippen molar-refractivity contribution in [3.8, 4) is 0 Å². The van der Waals surface area contributed by atoms with Gasteiger partial charge < -0.3 is 9.67 Å². The summed E-state index contributed by atoms with van der Waals surface area (Å²) in [5, 5.41) is 8.90. The van der Waals surface area contributed by atoms with Gasteiger partial charge in [-0.25, -0.2) is 4.79 Å². The Bertz CT molecular complexity index is 691.